The minimum absolute atomic E-state index is 0.199. The van der Waals surface area contributed by atoms with Crippen molar-refractivity contribution >= 4 is 11.7 Å². The average molecular weight is 250 g/mol. The second kappa shape index (κ2) is 6.32. The lowest BCUT2D eigenvalue weighted by atomic mass is 10.2. The third kappa shape index (κ3) is 3.25. The second-order valence-corrected chi connectivity index (χ2v) is 4.09. The first-order valence-corrected chi connectivity index (χ1v) is 6.26. The normalized spacial score (nSPS) is 10.4. The second-order valence-electron chi connectivity index (χ2n) is 3.56. The van der Waals surface area contributed by atoms with Gasteiger partial charge in [-0.15, -0.1) is 4.37 Å². The summed E-state index contributed by atoms with van der Waals surface area (Å²) < 4.78 is 13.9. The summed E-state index contributed by atoms with van der Waals surface area (Å²) in [6, 6.07) is 9.86. The number of nitrogens with zero attached hydrogens (tertiary/aromatic N) is 2. The van der Waals surface area contributed by atoms with Crippen molar-refractivity contribution in [2.45, 2.75) is 12.8 Å². The molecule has 0 unspecified atom stereocenters. The summed E-state index contributed by atoms with van der Waals surface area (Å²) in [5.41, 5.74) is 1.80. The SMILES string of the molecule is OCCCCOc1nsnc1-c1ccccc1. The van der Waals surface area contributed by atoms with Gasteiger partial charge in [0.2, 0.25) is 0 Å². The molecule has 1 heterocycles. The lowest BCUT2D eigenvalue weighted by Crippen LogP contribution is -1.99. The fraction of sp³-hybridized carbons (Fsp3) is 0.333. The quantitative estimate of drug-likeness (QED) is 0.800. The van der Waals surface area contributed by atoms with Crippen LogP contribution >= 0.6 is 11.7 Å². The van der Waals surface area contributed by atoms with Crippen molar-refractivity contribution < 1.29 is 9.84 Å². The van der Waals surface area contributed by atoms with Gasteiger partial charge < -0.3 is 9.84 Å². The smallest absolute Gasteiger partial charge is 0.253 e. The molecule has 2 rings (SSSR count). The van der Waals surface area contributed by atoms with E-state index in [1.54, 1.807) is 0 Å². The van der Waals surface area contributed by atoms with E-state index in [1.165, 1.54) is 0 Å². The summed E-state index contributed by atoms with van der Waals surface area (Å²) in [4.78, 5) is 0. The molecule has 0 aliphatic rings. The first-order chi connectivity index (χ1) is 8.42. The van der Waals surface area contributed by atoms with Gasteiger partial charge in [0.1, 0.15) is 5.69 Å². The number of unbranched alkanes of at least 4 members (excludes halogenated alkanes) is 1. The topological polar surface area (TPSA) is 55.2 Å². The van der Waals surface area contributed by atoms with Gasteiger partial charge in [0.05, 0.1) is 18.3 Å². The number of hydrogen-bond acceptors (Lipinski definition) is 5. The molecule has 0 aliphatic heterocycles. The molecule has 0 amide bonds. The highest BCUT2D eigenvalue weighted by molar-refractivity contribution is 6.99. The number of hydrogen-bond donors (Lipinski definition) is 1. The lowest BCUT2D eigenvalue weighted by Gasteiger charge is -2.03. The van der Waals surface area contributed by atoms with E-state index in [9.17, 15) is 0 Å². The summed E-state index contributed by atoms with van der Waals surface area (Å²) in [5, 5.41) is 8.67. The number of rotatable bonds is 6. The van der Waals surface area contributed by atoms with E-state index in [0.29, 0.717) is 12.5 Å². The molecule has 0 atom stereocenters. The average Bonchev–Trinajstić information content (AvgIpc) is 2.84. The molecule has 1 aromatic heterocycles. The summed E-state index contributed by atoms with van der Waals surface area (Å²) >= 11 is 1.15. The fourth-order valence-corrected chi connectivity index (χ4v) is 1.95. The Kier molecular flexibility index (Phi) is 4.46. The highest BCUT2D eigenvalue weighted by atomic mass is 32.1. The molecule has 5 heteroatoms. The number of ether oxygens (including phenoxy) is 1. The molecule has 1 aromatic carbocycles. The molecule has 0 radical (unpaired) electrons. The minimum atomic E-state index is 0.199. The van der Waals surface area contributed by atoms with E-state index >= 15 is 0 Å². The summed E-state index contributed by atoms with van der Waals surface area (Å²) in [6.07, 6.45) is 1.57. The first kappa shape index (κ1) is 12.0. The van der Waals surface area contributed by atoms with Crippen molar-refractivity contribution in [3.05, 3.63) is 30.3 Å². The molecule has 0 aliphatic carbocycles. The Morgan fingerprint density at radius 3 is 2.71 bits per heavy atom. The maximum Gasteiger partial charge on any atom is 0.253 e. The molecule has 4 nitrogen and oxygen atoms in total. The van der Waals surface area contributed by atoms with Crippen LogP contribution in [0.15, 0.2) is 30.3 Å². The van der Waals surface area contributed by atoms with Crippen LogP contribution in [0.5, 0.6) is 5.88 Å². The third-order valence-corrected chi connectivity index (χ3v) is 2.81. The van der Waals surface area contributed by atoms with E-state index in [2.05, 4.69) is 8.75 Å². The molecule has 0 bridgehead atoms. The fourth-order valence-electron chi connectivity index (χ4n) is 1.43. The van der Waals surface area contributed by atoms with Crippen LogP contribution in [0.2, 0.25) is 0 Å². The zero-order chi connectivity index (χ0) is 11.9. The number of aliphatic hydroxyl groups excluding tert-OH is 1. The van der Waals surface area contributed by atoms with Crippen LogP contribution in [0.1, 0.15) is 12.8 Å². The summed E-state index contributed by atoms with van der Waals surface area (Å²) in [6.45, 7) is 0.760. The van der Waals surface area contributed by atoms with Gasteiger partial charge in [-0.1, -0.05) is 30.3 Å². The Hall–Kier alpha value is -1.46. The van der Waals surface area contributed by atoms with Crippen LogP contribution in [0.3, 0.4) is 0 Å². The van der Waals surface area contributed by atoms with Crippen LogP contribution in [-0.2, 0) is 0 Å². The molecule has 1 N–H and O–H groups in total. The minimum Gasteiger partial charge on any atom is -0.475 e. The van der Waals surface area contributed by atoms with Crippen molar-refractivity contribution in [2.24, 2.45) is 0 Å². The lowest BCUT2D eigenvalue weighted by molar-refractivity contribution is 0.250. The Balaban J connectivity index is 2.02. The maximum atomic E-state index is 8.67. The molecule has 2 aromatic rings. The highest BCUT2D eigenvalue weighted by Gasteiger charge is 2.10. The van der Waals surface area contributed by atoms with E-state index in [0.717, 1.165) is 35.8 Å². The van der Waals surface area contributed by atoms with Crippen LogP contribution in [0, 0.1) is 0 Å². The third-order valence-electron chi connectivity index (χ3n) is 2.30. The van der Waals surface area contributed by atoms with Gasteiger partial charge in [-0.05, 0) is 12.8 Å². The number of benzene rings is 1. The van der Waals surface area contributed by atoms with Crippen molar-refractivity contribution in [3.63, 3.8) is 0 Å². The highest BCUT2D eigenvalue weighted by Crippen LogP contribution is 2.27. The Morgan fingerprint density at radius 2 is 1.94 bits per heavy atom. The number of aromatic nitrogens is 2. The van der Waals surface area contributed by atoms with E-state index in [4.69, 9.17) is 9.84 Å². The van der Waals surface area contributed by atoms with E-state index in [1.807, 2.05) is 30.3 Å². The molecule has 90 valence electrons. The van der Waals surface area contributed by atoms with Crippen molar-refractivity contribution in [3.8, 4) is 17.1 Å². The van der Waals surface area contributed by atoms with Gasteiger partial charge in [-0.25, -0.2) is 0 Å². The van der Waals surface area contributed by atoms with E-state index < -0.39 is 0 Å². The molecule has 0 fully saturated rings. The van der Waals surface area contributed by atoms with Gasteiger partial charge in [-0.3, -0.25) is 0 Å². The molecular formula is C12H14N2O2S. The van der Waals surface area contributed by atoms with Gasteiger partial charge >= 0.3 is 0 Å². The Morgan fingerprint density at radius 1 is 1.12 bits per heavy atom. The van der Waals surface area contributed by atoms with Crippen molar-refractivity contribution in [2.75, 3.05) is 13.2 Å². The zero-order valence-corrected chi connectivity index (χ0v) is 10.2. The molecule has 0 saturated carbocycles. The van der Waals surface area contributed by atoms with Crippen LogP contribution in [0.25, 0.3) is 11.3 Å². The largest absolute Gasteiger partial charge is 0.475 e. The maximum absolute atomic E-state index is 8.67. The van der Waals surface area contributed by atoms with Gasteiger partial charge in [-0.2, -0.15) is 4.37 Å². The molecule has 0 saturated heterocycles. The predicted molar refractivity (Wildman–Crippen MR) is 67.2 cm³/mol. The molecule has 0 spiro atoms. The van der Waals surface area contributed by atoms with Crippen LogP contribution in [0.4, 0.5) is 0 Å². The van der Waals surface area contributed by atoms with Gasteiger partial charge in [0, 0.05) is 12.2 Å². The van der Waals surface area contributed by atoms with Gasteiger partial charge in [0.15, 0.2) is 0 Å². The zero-order valence-electron chi connectivity index (χ0n) is 9.37. The summed E-state index contributed by atoms with van der Waals surface area (Å²) in [7, 11) is 0. The van der Waals surface area contributed by atoms with Crippen LogP contribution in [-0.4, -0.2) is 27.1 Å². The standard InChI is InChI=1S/C12H14N2O2S/c15-8-4-5-9-16-12-11(13-17-14-12)10-6-2-1-3-7-10/h1-3,6-7,15H,4-5,8-9H2. The predicted octanol–water partition coefficient (Wildman–Crippen LogP) is 2.36. The Bertz CT molecular complexity index is 445. The van der Waals surface area contributed by atoms with Crippen LogP contribution < -0.4 is 4.74 Å². The molecular weight excluding hydrogens is 236 g/mol. The van der Waals surface area contributed by atoms with Gasteiger partial charge in [0.25, 0.3) is 5.88 Å². The Labute approximate surface area is 104 Å². The number of aliphatic hydroxyl groups is 1. The monoisotopic (exact) mass is 250 g/mol. The summed E-state index contributed by atoms with van der Waals surface area (Å²) in [5.74, 6) is 0.583. The van der Waals surface area contributed by atoms with E-state index in [-0.39, 0.29) is 6.61 Å². The molecule has 17 heavy (non-hydrogen) atoms. The van der Waals surface area contributed by atoms with Crippen molar-refractivity contribution in [1.29, 1.82) is 0 Å². The first-order valence-electron chi connectivity index (χ1n) is 5.53. The van der Waals surface area contributed by atoms with Crippen molar-refractivity contribution in [1.82, 2.24) is 8.75 Å².